The third-order valence-corrected chi connectivity index (χ3v) is 4.66. The number of carbonyl (C=O) groups is 2. The summed E-state index contributed by atoms with van der Waals surface area (Å²) in [6, 6.07) is 5.30. The van der Waals surface area contributed by atoms with Gasteiger partial charge in [-0.05, 0) is 24.6 Å². The molecule has 1 heterocycles. The van der Waals surface area contributed by atoms with Crippen molar-refractivity contribution in [2.45, 2.75) is 40.5 Å². The number of hydrogen-bond acceptors (Lipinski definition) is 4. The highest BCUT2D eigenvalue weighted by atomic mass is 16.5. The van der Waals surface area contributed by atoms with E-state index in [9.17, 15) is 9.59 Å². The molecule has 27 heavy (non-hydrogen) atoms. The van der Waals surface area contributed by atoms with Gasteiger partial charge in [0.1, 0.15) is 0 Å². The number of benzene rings is 1. The molecule has 2 rings (SSSR count). The molecule has 0 aliphatic carbocycles. The lowest BCUT2D eigenvalue weighted by Crippen LogP contribution is -2.53. The van der Waals surface area contributed by atoms with Crippen LogP contribution >= 0.6 is 0 Å². The Bertz CT molecular complexity index is 659. The van der Waals surface area contributed by atoms with Gasteiger partial charge < -0.3 is 19.3 Å². The minimum atomic E-state index is -0.396. The van der Waals surface area contributed by atoms with E-state index in [2.05, 4.69) is 6.92 Å². The molecule has 0 spiro atoms. The Kier molecular flexibility index (Phi) is 7.11. The van der Waals surface area contributed by atoms with Crippen LogP contribution in [0.15, 0.2) is 18.2 Å². The van der Waals surface area contributed by atoms with Gasteiger partial charge in [-0.15, -0.1) is 0 Å². The zero-order valence-corrected chi connectivity index (χ0v) is 17.2. The normalized spacial score (nSPS) is 14.9. The van der Waals surface area contributed by atoms with Gasteiger partial charge in [0.25, 0.3) is 5.91 Å². The number of amides is 2. The van der Waals surface area contributed by atoms with Crippen molar-refractivity contribution >= 4 is 11.8 Å². The summed E-state index contributed by atoms with van der Waals surface area (Å²) in [4.78, 5) is 28.9. The standard InChI is InChI=1S/C21H32N2O4/c1-6-7-14-27-17-9-8-16(15-18(17)26-5)19(24)22-10-12-23(13-11-22)20(25)21(2,3)4/h8-9,15H,6-7,10-14H2,1-5H3. The van der Waals surface area contributed by atoms with Crippen molar-refractivity contribution in [3.63, 3.8) is 0 Å². The molecular weight excluding hydrogens is 344 g/mol. The van der Waals surface area contributed by atoms with Crippen LogP contribution in [-0.2, 0) is 4.79 Å². The molecule has 1 aliphatic heterocycles. The minimum Gasteiger partial charge on any atom is -0.493 e. The molecule has 0 saturated carbocycles. The van der Waals surface area contributed by atoms with E-state index in [1.54, 1.807) is 30.2 Å². The molecule has 0 N–H and O–H groups in total. The van der Waals surface area contributed by atoms with Gasteiger partial charge >= 0.3 is 0 Å². The van der Waals surface area contributed by atoms with E-state index in [4.69, 9.17) is 9.47 Å². The van der Waals surface area contributed by atoms with E-state index in [1.165, 1.54) is 0 Å². The van der Waals surface area contributed by atoms with Crippen molar-refractivity contribution in [2.24, 2.45) is 5.41 Å². The summed E-state index contributed by atoms with van der Waals surface area (Å²) in [5.74, 6) is 1.31. The predicted molar refractivity (Wildman–Crippen MR) is 105 cm³/mol. The Labute approximate surface area is 162 Å². The third kappa shape index (κ3) is 5.37. The summed E-state index contributed by atoms with van der Waals surface area (Å²) in [5, 5.41) is 0. The van der Waals surface area contributed by atoms with Gasteiger partial charge in [-0.2, -0.15) is 0 Å². The maximum Gasteiger partial charge on any atom is 0.254 e. The molecule has 1 aromatic rings. The fraction of sp³-hybridized carbons (Fsp3) is 0.619. The molecule has 0 bridgehead atoms. The summed E-state index contributed by atoms with van der Waals surface area (Å²) in [7, 11) is 1.58. The average Bonchev–Trinajstić information content (AvgIpc) is 2.66. The number of ether oxygens (including phenoxy) is 2. The van der Waals surface area contributed by atoms with Gasteiger partial charge in [-0.3, -0.25) is 9.59 Å². The zero-order valence-electron chi connectivity index (χ0n) is 17.2. The molecular formula is C21H32N2O4. The van der Waals surface area contributed by atoms with E-state index in [-0.39, 0.29) is 11.8 Å². The Morgan fingerprint density at radius 1 is 1.04 bits per heavy atom. The first kappa shape index (κ1) is 21.1. The Balaban J connectivity index is 2.01. The van der Waals surface area contributed by atoms with Crippen LogP contribution in [0.3, 0.4) is 0 Å². The molecule has 0 aromatic heterocycles. The summed E-state index contributed by atoms with van der Waals surface area (Å²) >= 11 is 0. The molecule has 1 fully saturated rings. The highest BCUT2D eigenvalue weighted by molar-refractivity contribution is 5.95. The maximum atomic E-state index is 12.8. The number of unbranched alkanes of at least 4 members (excludes halogenated alkanes) is 1. The second kappa shape index (κ2) is 9.11. The van der Waals surface area contributed by atoms with Gasteiger partial charge in [0.15, 0.2) is 11.5 Å². The number of hydrogen-bond donors (Lipinski definition) is 0. The maximum absolute atomic E-state index is 12.8. The van der Waals surface area contributed by atoms with E-state index >= 15 is 0 Å². The first-order chi connectivity index (χ1) is 12.8. The Hall–Kier alpha value is -2.24. The highest BCUT2D eigenvalue weighted by Gasteiger charge is 2.31. The molecule has 1 aliphatic rings. The second-order valence-corrected chi connectivity index (χ2v) is 7.90. The molecule has 6 nitrogen and oxygen atoms in total. The molecule has 1 saturated heterocycles. The molecule has 150 valence electrons. The number of rotatable bonds is 6. The smallest absolute Gasteiger partial charge is 0.254 e. The van der Waals surface area contributed by atoms with Gasteiger partial charge in [0, 0.05) is 37.2 Å². The van der Waals surface area contributed by atoms with Crippen molar-refractivity contribution < 1.29 is 19.1 Å². The lowest BCUT2D eigenvalue weighted by molar-refractivity contribution is -0.140. The van der Waals surface area contributed by atoms with Gasteiger partial charge in [-0.1, -0.05) is 34.1 Å². The molecule has 0 unspecified atom stereocenters. The van der Waals surface area contributed by atoms with Crippen LogP contribution in [0, 0.1) is 5.41 Å². The molecule has 2 amide bonds. The number of carbonyl (C=O) groups excluding carboxylic acids is 2. The number of methoxy groups -OCH3 is 1. The van der Waals surface area contributed by atoms with Crippen molar-refractivity contribution in [1.82, 2.24) is 9.80 Å². The van der Waals surface area contributed by atoms with Crippen LogP contribution in [0.5, 0.6) is 11.5 Å². The number of piperazine rings is 1. The van der Waals surface area contributed by atoms with E-state index in [0.29, 0.717) is 49.8 Å². The van der Waals surface area contributed by atoms with Crippen LogP contribution in [0.1, 0.15) is 50.9 Å². The zero-order chi connectivity index (χ0) is 20.0. The topological polar surface area (TPSA) is 59.1 Å². The fourth-order valence-electron chi connectivity index (χ4n) is 3.02. The first-order valence-corrected chi connectivity index (χ1v) is 9.67. The van der Waals surface area contributed by atoms with Crippen molar-refractivity contribution in [3.05, 3.63) is 23.8 Å². The summed E-state index contributed by atoms with van der Waals surface area (Å²) < 4.78 is 11.1. The van der Waals surface area contributed by atoms with Crippen LogP contribution in [-0.4, -0.2) is 61.5 Å². The molecule has 6 heteroatoms. The summed E-state index contributed by atoms with van der Waals surface area (Å²) in [5.41, 5.74) is 0.179. The lowest BCUT2D eigenvalue weighted by atomic mass is 9.94. The largest absolute Gasteiger partial charge is 0.493 e. The minimum absolute atomic E-state index is 0.0451. The predicted octanol–water partition coefficient (Wildman–Crippen LogP) is 3.20. The van der Waals surface area contributed by atoms with E-state index in [1.807, 2.05) is 25.7 Å². The molecule has 0 radical (unpaired) electrons. The SMILES string of the molecule is CCCCOc1ccc(C(=O)N2CCN(C(=O)C(C)(C)C)CC2)cc1OC. The molecule has 0 atom stereocenters. The Morgan fingerprint density at radius 3 is 2.22 bits per heavy atom. The van der Waals surface area contributed by atoms with E-state index in [0.717, 1.165) is 12.8 Å². The van der Waals surface area contributed by atoms with Gasteiger partial charge in [-0.25, -0.2) is 0 Å². The Morgan fingerprint density at radius 2 is 1.67 bits per heavy atom. The highest BCUT2D eigenvalue weighted by Crippen LogP contribution is 2.29. The van der Waals surface area contributed by atoms with Crippen LogP contribution in [0.4, 0.5) is 0 Å². The van der Waals surface area contributed by atoms with Crippen molar-refractivity contribution in [2.75, 3.05) is 39.9 Å². The van der Waals surface area contributed by atoms with Crippen molar-refractivity contribution in [1.29, 1.82) is 0 Å². The van der Waals surface area contributed by atoms with Crippen LogP contribution in [0.25, 0.3) is 0 Å². The second-order valence-electron chi connectivity index (χ2n) is 7.90. The van der Waals surface area contributed by atoms with Gasteiger partial charge in [0.05, 0.1) is 13.7 Å². The van der Waals surface area contributed by atoms with E-state index < -0.39 is 5.41 Å². The molecule has 1 aromatic carbocycles. The summed E-state index contributed by atoms with van der Waals surface area (Å²) in [6.45, 7) is 10.7. The fourth-order valence-corrected chi connectivity index (χ4v) is 3.02. The van der Waals surface area contributed by atoms with Gasteiger partial charge in [0.2, 0.25) is 5.91 Å². The van der Waals surface area contributed by atoms with Crippen molar-refractivity contribution in [3.8, 4) is 11.5 Å². The lowest BCUT2D eigenvalue weighted by Gasteiger charge is -2.37. The first-order valence-electron chi connectivity index (χ1n) is 9.67. The third-order valence-electron chi connectivity index (χ3n) is 4.66. The average molecular weight is 376 g/mol. The number of nitrogens with zero attached hydrogens (tertiary/aromatic N) is 2. The van der Waals surface area contributed by atoms with Crippen LogP contribution < -0.4 is 9.47 Å². The quantitative estimate of drug-likeness (QED) is 0.716. The monoisotopic (exact) mass is 376 g/mol. The summed E-state index contributed by atoms with van der Waals surface area (Å²) in [6.07, 6.45) is 2.03. The van der Waals surface area contributed by atoms with Crippen LogP contribution in [0.2, 0.25) is 0 Å².